The molecular formula is C13H10ClFO3S. The van der Waals surface area contributed by atoms with Gasteiger partial charge in [-0.25, -0.2) is 4.39 Å². The van der Waals surface area contributed by atoms with Crippen LogP contribution in [0.2, 0.25) is 5.02 Å². The minimum atomic E-state index is -3.97. The van der Waals surface area contributed by atoms with Crippen molar-refractivity contribution in [2.75, 3.05) is 0 Å². The summed E-state index contributed by atoms with van der Waals surface area (Å²) in [6.45, 7) is 1.84. The predicted octanol–water partition coefficient (Wildman–Crippen LogP) is 3.56. The van der Waals surface area contributed by atoms with E-state index in [4.69, 9.17) is 15.8 Å². The number of hydrogen-bond donors (Lipinski definition) is 0. The van der Waals surface area contributed by atoms with Gasteiger partial charge in [0.2, 0.25) is 0 Å². The molecule has 0 atom stereocenters. The first-order valence-corrected chi connectivity index (χ1v) is 7.13. The van der Waals surface area contributed by atoms with E-state index in [0.29, 0.717) is 0 Å². The van der Waals surface area contributed by atoms with Crippen LogP contribution < -0.4 is 4.18 Å². The summed E-state index contributed by atoms with van der Waals surface area (Å²) in [5, 5.41) is -0.101. The minimum Gasteiger partial charge on any atom is -0.377 e. The van der Waals surface area contributed by atoms with Crippen LogP contribution in [0, 0.1) is 12.7 Å². The quantitative estimate of drug-likeness (QED) is 0.814. The molecule has 0 saturated carbocycles. The highest BCUT2D eigenvalue weighted by Gasteiger charge is 2.18. The molecule has 0 aliphatic heterocycles. The van der Waals surface area contributed by atoms with Crippen molar-refractivity contribution in [3.05, 3.63) is 58.9 Å². The Hall–Kier alpha value is -1.59. The van der Waals surface area contributed by atoms with Gasteiger partial charge in [-0.05, 0) is 37.3 Å². The van der Waals surface area contributed by atoms with Gasteiger partial charge in [-0.1, -0.05) is 29.3 Å². The van der Waals surface area contributed by atoms with E-state index in [2.05, 4.69) is 0 Å². The van der Waals surface area contributed by atoms with Gasteiger partial charge in [0.15, 0.2) is 5.75 Å². The van der Waals surface area contributed by atoms with Crippen molar-refractivity contribution >= 4 is 21.7 Å². The first-order chi connectivity index (χ1) is 8.88. The Labute approximate surface area is 115 Å². The molecule has 2 aromatic rings. The summed E-state index contributed by atoms with van der Waals surface area (Å²) in [6.07, 6.45) is 0. The first-order valence-electron chi connectivity index (χ1n) is 5.35. The topological polar surface area (TPSA) is 43.4 Å². The summed E-state index contributed by atoms with van der Waals surface area (Å²) in [5.41, 5.74) is 0.929. The largest absolute Gasteiger partial charge is 0.377 e. The van der Waals surface area contributed by atoms with Crippen molar-refractivity contribution < 1.29 is 17.0 Å². The summed E-state index contributed by atoms with van der Waals surface area (Å²) in [6, 6.07) is 9.41. The third-order valence-corrected chi connectivity index (χ3v) is 3.95. The van der Waals surface area contributed by atoms with Crippen LogP contribution in [0.15, 0.2) is 47.4 Å². The molecule has 2 rings (SSSR count). The number of aryl methyl sites for hydroxylation is 1. The van der Waals surface area contributed by atoms with Gasteiger partial charge in [0, 0.05) is 0 Å². The lowest BCUT2D eigenvalue weighted by Crippen LogP contribution is -2.10. The van der Waals surface area contributed by atoms with E-state index < -0.39 is 15.9 Å². The number of hydrogen-bond acceptors (Lipinski definition) is 3. The highest BCUT2D eigenvalue weighted by atomic mass is 35.5. The monoisotopic (exact) mass is 300 g/mol. The van der Waals surface area contributed by atoms with E-state index >= 15 is 0 Å². The van der Waals surface area contributed by atoms with Gasteiger partial charge >= 0.3 is 10.1 Å². The smallest absolute Gasteiger partial charge is 0.339 e. The van der Waals surface area contributed by atoms with Crippen LogP contribution in [0.4, 0.5) is 4.39 Å². The SMILES string of the molecule is Cc1ccc(S(=O)(=O)Oc2ccc(F)cc2Cl)cc1. The zero-order chi connectivity index (χ0) is 14.0. The lowest BCUT2D eigenvalue weighted by Gasteiger charge is -2.08. The zero-order valence-corrected chi connectivity index (χ0v) is 11.5. The molecule has 0 bridgehead atoms. The molecule has 0 N–H and O–H groups in total. The Bertz CT molecular complexity index is 696. The highest BCUT2D eigenvalue weighted by Crippen LogP contribution is 2.28. The van der Waals surface area contributed by atoms with Gasteiger partial charge in [-0.15, -0.1) is 0 Å². The molecule has 0 heterocycles. The second-order valence-electron chi connectivity index (χ2n) is 3.93. The average Bonchev–Trinajstić information content (AvgIpc) is 2.33. The molecule has 0 radical (unpaired) electrons. The normalized spacial score (nSPS) is 11.3. The lowest BCUT2D eigenvalue weighted by atomic mass is 10.2. The van der Waals surface area contributed by atoms with Gasteiger partial charge in [0.25, 0.3) is 0 Å². The highest BCUT2D eigenvalue weighted by molar-refractivity contribution is 7.87. The van der Waals surface area contributed by atoms with Crippen LogP contribution >= 0.6 is 11.6 Å². The Balaban J connectivity index is 2.33. The fourth-order valence-electron chi connectivity index (χ4n) is 1.41. The average molecular weight is 301 g/mol. The molecule has 100 valence electrons. The molecular weight excluding hydrogens is 291 g/mol. The molecule has 6 heteroatoms. The van der Waals surface area contributed by atoms with E-state index in [1.165, 1.54) is 18.2 Å². The predicted molar refractivity (Wildman–Crippen MR) is 70.4 cm³/mol. The Morgan fingerprint density at radius 3 is 2.32 bits per heavy atom. The van der Waals surface area contributed by atoms with Crippen molar-refractivity contribution in [2.24, 2.45) is 0 Å². The molecule has 0 aliphatic rings. The molecule has 0 spiro atoms. The number of rotatable bonds is 3. The van der Waals surface area contributed by atoms with E-state index in [0.717, 1.165) is 17.7 Å². The maximum absolute atomic E-state index is 12.9. The third-order valence-electron chi connectivity index (χ3n) is 2.40. The maximum Gasteiger partial charge on any atom is 0.339 e. The molecule has 0 aromatic heterocycles. The zero-order valence-electron chi connectivity index (χ0n) is 9.93. The van der Waals surface area contributed by atoms with E-state index in [9.17, 15) is 12.8 Å². The van der Waals surface area contributed by atoms with Crippen molar-refractivity contribution in [3.63, 3.8) is 0 Å². The summed E-state index contributed by atoms with van der Waals surface area (Å²) in [4.78, 5) is 0.0125. The van der Waals surface area contributed by atoms with Crippen LogP contribution in [0.3, 0.4) is 0 Å². The summed E-state index contributed by atoms with van der Waals surface area (Å²) in [5.74, 6) is -0.672. The molecule has 2 aromatic carbocycles. The molecule has 0 fully saturated rings. The van der Waals surface area contributed by atoms with Gasteiger partial charge in [-0.2, -0.15) is 8.42 Å². The first kappa shape index (κ1) is 13.8. The summed E-state index contributed by atoms with van der Waals surface area (Å²) < 4.78 is 41.7. The van der Waals surface area contributed by atoms with Crippen LogP contribution in [0.5, 0.6) is 5.75 Å². The fraction of sp³-hybridized carbons (Fsp3) is 0.0769. The van der Waals surface area contributed by atoms with Gasteiger partial charge in [0.05, 0.1) is 5.02 Å². The summed E-state index contributed by atoms with van der Waals surface area (Å²) in [7, 11) is -3.97. The second-order valence-corrected chi connectivity index (χ2v) is 5.88. The van der Waals surface area contributed by atoms with Crippen molar-refractivity contribution in [1.29, 1.82) is 0 Å². The summed E-state index contributed by atoms with van der Waals surface area (Å²) >= 11 is 5.72. The van der Waals surface area contributed by atoms with Crippen LogP contribution in [-0.2, 0) is 10.1 Å². The number of benzene rings is 2. The van der Waals surface area contributed by atoms with E-state index in [-0.39, 0.29) is 15.7 Å². The van der Waals surface area contributed by atoms with Crippen molar-refractivity contribution in [1.82, 2.24) is 0 Å². The maximum atomic E-state index is 12.9. The Morgan fingerprint density at radius 2 is 1.74 bits per heavy atom. The minimum absolute atomic E-state index is 0.0125. The second kappa shape index (κ2) is 5.19. The van der Waals surface area contributed by atoms with Gasteiger partial charge in [-0.3, -0.25) is 0 Å². The third kappa shape index (κ3) is 3.24. The van der Waals surface area contributed by atoms with Crippen molar-refractivity contribution in [3.8, 4) is 5.75 Å². The van der Waals surface area contributed by atoms with Crippen LogP contribution in [0.25, 0.3) is 0 Å². The Morgan fingerprint density at radius 1 is 1.11 bits per heavy atom. The van der Waals surface area contributed by atoms with E-state index in [1.54, 1.807) is 12.1 Å². The lowest BCUT2D eigenvalue weighted by molar-refractivity contribution is 0.485. The van der Waals surface area contributed by atoms with Crippen molar-refractivity contribution in [2.45, 2.75) is 11.8 Å². The van der Waals surface area contributed by atoms with Crippen LogP contribution in [0.1, 0.15) is 5.56 Å². The van der Waals surface area contributed by atoms with E-state index in [1.807, 2.05) is 6.92 Å². The molecule has 0 aliphatic carbocycles. The number of halogens is 2. The molecule has 3 nitrogen and oxygen atoms in total. The molecule has 0 saturated heterocycles. The molecule has 0 unspecified atom stereocenters. The fourth-order valence-corrected chi connectivity index (χ4v) is 2.61. The van der Waals surface area contributed by atoms with Gasteiger partial charge < -0.3 is 4.18 Å². The molecule has 0 amide bonds. The molecule has 19 heavy (non-hydrogen) atoms. The Kier molecular flexibility index (Phi) is 3.78. The van der Waals surface area contributed by atoms with Crippen LogP contribution in [-0.4, -0.2) is 8.42 Å². The van der Waals surface area contributed by atoms with Gasteiger partial charge in [0.1, 0.15) is 10.7 Å². The standard InChI is InChI=1S/C13H10ClFO3S/c1-9-2-5-11(6-3-9)19(16,17)18-13-7-4-10(15)8-12(13)14/h2-8H,1H3.